The zero-order chi connectivity index (χ0) is 10.6. The third-order valence-electron chi connectivity index (χ3n) is 2.27. The molecule has 0 aliphatic carbocycles. The number of rotatable bonds is 4. The quantitative estimate of drug-likeness (QED) is 0.745. The second-order valence-corrected chi connectivity index (χ2v) is 3.33. The van der Waals surface area contributed by atoms with Gasteiger partial charge in [-0.1, -0.05) is 32.4 Å². The number of hydrogen-bond acceptors (Lipinski definition) is 2. The minimum absolute atomic E-state index is 0.101. The molecule has 2 heteroatoms. The third-order valence-corrected chi connectivity index (χ3v) is 2.27. The van der Waals surface area contributed by atoms with E-state index in [4.69, 9.17) is 0 Å². The average molecular weight is 192 g/mol. The molecule has 0 aliphatic heterocycles. The first kappa shape index (κ1) is 10.8. The van der Waals surface area contributed by atoms with Gasteiger partial charge in [0.15, 0.2) is 5.78 Å². The first-order valence-corrected chi connectivity index (χ1v) is 5.04. The number of hydrogen-bond donors (Lipinski definition) is 1. The molecule has 0 aliphatic rings. The van der Waals surface area contributed by atoms with E-state index in [-0.39, 0.29) is 11.5 Å². The van der Waals surface area contributed by atoms with Crippen molar-refractivity contribution < 1.29 is 9.90 Å². The van der Waals surface area contributed by atoms with Crippen LogP contribution in [-0.2, 0) is 6.42 Å². The number of phenolic OH excluding ortho intramolecular Hbond substituents is 1. The lowest BCUT2D eigenvalue weighted by atomic mass is 9.98. The molecule has 0 aromatic heterocycles. The predicted octanol–water partition coefficient (Wildman–Crippen LogP) is 2.94. The topological polar surface area (TPSA) is 37.3 Å². The van der Waals surface area contributed by atoms with E-state index in [1.807, 2.05) is 13.8 Å². The number of carbonyl (C=O) groups excluding carboxylic acids is 1. The average Bonchev–Trinajstić information content (AvgIpc) is 2.20. The molecule has 1 aromatic carbocycles. The molecule has 76 valence electrons. The Morgan fingerprint density at radius 3 is 2.64 bits per heavy atom. The fourth-order valence-corrected chi connectivity index (χ4v) is 1.54. The zero-order valence-corrected chi connectivity index (χ0v) is 8.71. The Morgan fingerprint density at radius 2 is 2.07 bits per heavy atom. The van der Waals surface area contributed by atoms with E-state index in [1.54, 1.807) is 18.2 Å². The Morgan fingerprint density at radius 1 is 1.36 bits per heavy atom. The molecule has 1 rings (SSSR count). The molecule has 0 saturated heterocycles. The maximum atomic E-state index is 11.6. The highest BCUT2D eigenvalue weighted by Gasteiger charge is 2.11. The number of ketones is 1. The van der Waals surface area contributed by atoms with Gasteiger partial charge in [0.05, 0.1) is 0 Å². The minimum atomic E-state index is 0.101. The Hall–Kier alpha value is -1.31. The normalized spacial score (nSPS) is 10.1. The van der Waals surface area contributed by atoms with Crippen LogP contribution < -0.4 is 0 Å². The van der Waals surface area contributed by atoms with Crippen LogP contribution in [0.4, 0.5) is 0 Å². The highest BCUT2D eigenvalue weighted by Crippen LogP contribution is 2.23. The Bertz CT molecular complexity index is 329. The fourth-order valence-electron chi connectivity index (χ4n) is 1.54. The van der Waals surface area contributed by atoms with Crippen LogP contribution in [-0.4, -0.2) is 10.9 Å². The van der Waals surface area contributed by atoms with Gasteiger partial charge in [-0.15, -0.1) is 0 Å². The van der Waals surface area contributed by atoms with Crippen molar-refractivity contribution in [2.75, 3.05) is 0 Å². The molecule has 0 radical (unpaired) electrons. The van der Waals surface area contributed by atoms with Gasteiger partial charge in [0.2, 0.25) is 0 Å². The summed E-state index contributed by atoms with van der Waals surface area (Å²) in [5.74, 6) is 0.343. The van der Waals surface area contributed by atoms with Crippen LogP contribution in [0.15, 0.2) is 18.2 Å². The van der Waals surface area contributed by atoms with Gasteiger partial charge >= 0.3 is 0 Å². The van der Waals surface area contributed by atoms with E-state index in [2.05, 4.69) is 0 Å². The number of Topliss-reactive ketones (excluding diaryl/α,β-unsaturated/α-hetero) is 1. The Balaban J connectivity index is 3.13. The van der Waals surface area contributed by atoms with Gasteiger partial charge in [-0.2, -0.15) is 0 Å². The van der Waals surface area contributed by atoms with E-state index in [9.17, 15) is 9.90 Å². The van der Waals surface area contributed by atoms with Crippen molar-refractivity contribution in [1.29, 1.82) is 0 Å². The summed E-state index contributed by atoms with van der Waals surface area (Å²) in [5.41, 5.74) is 1.47. The zero-order valence-electron chi connectivity index (χ0n) is 8.71. The number of aromatic hydroxyl groups is 1. The Labute approximate surface area is 84.6 Å². The highest BCUT2D eigenvalue weighted by atomic mass is 16.3. The van der Waals surface area contributed by atoms with Crippen LogP contribution in [0.25, 0.3) is 0 Å². The van der Waals surface area contributed by atoms with Crippen LogP contribution in [0.3, 0.4) is 0 Å². The minimum Gasteiger partial charge on any atom is -0.508 e. The van der Waals surface area contributed by atoms with E-state index < -0.39 is 0 Å². The molecule has 0 heterocycles. The summed E-state index contributed by atoms with van der Waals surface area (Å²) in [6.45, 7) is 3.87. The monoisotopic (exact) mass is 192 g/mol. The van der Waals surface area contributed by atoms with Gasteiger partial charge in [-0.3, -0.25) is 4.79 Å². The molecule has 0 unspecified atom stereocenters. The molecule has 0 bridgehead atoms. The molecule has 1 aromatic rings. The lowest BCUT2D eigenvalue weighted by Gasteiger charge is -2.08. The van der Waals surface area contributed by atoms with Crippen molar-refractivity contribution in [3.63, 3.8) is 0 Å². The van der Waals surface area contributed by atoms with E-state index in [0.29, 0.717) is 12.0 Å². The van der Waals surface area contributed by atoms with Gasteiger partial charge in [-0.05, 0) is 12.5 Å². The third kappa shape index (κ3) is 2.13. The summed E-state index contributed by atoms with van der Waals surface area (Å²) < 4.78 is 0. The molecular formula is C12H16O2. The molecule has 0 amide bonds. The summed E-state index contributed by atoms with van der Waals surface area (Å²) in [6, 6.07) is 5.14. The van der Waals surface area contributed by atoms with Crippen molar-refractivity contribution in [2.45, 2.75) is 33.1 Å². The van der Waals surface area contributed by atoms with Crippen molar-refractivity contribution in [2.24, 2.45) is 0 Å². The van der Waals surface area contributed by atoms with Crippen molar-refractivity contribution in [3.8, 4) is 5.75 Å². The van der Waals surface area contributed by atoms with Gasteiger partial charge in [-0.25, -0.2) is 0 Å². The van der Waals surface area contributed by atoms with Crippen LogP contribution in [0.1, 0.15) is 42.6 Å². The molecule has 1 N–H and O–H groups in total. The highest BCUT2D eigenvalue weighted by molar-refractivity contribution is 5.97. The standard InChI is InChI=1S/C12H16O2/c1-3-6-9-10(11(13)4-2)7-5-8-12(9)14/h5,7-8,14H,3-4,6H2,1-2H3. The maximum Gasteiger partial charge on any atom is 0.163 e. The van der Waals surface area contributed by atoms with Crippen molar-refractivity contribution >= 4 is 5.78 Å². The summed E-state index contributed by atoms with van der Waals surface area (Å²) in [5, 5.41) is 9.61. The molecular weight excluding hydrogens is 176 g/mol. The SMILES string of the molecule is CCCc1c(O)cccc1C(=O)CC. The fraction of sp³-hybridized carbons (Fsp3) is 0.417. The van der Waals surface area contributed by atoms with Crippen molar-refractivity contribution in [1.82, 2.24) is 0 Å². The first-order chi connectivity index (χ1) is 6.70. The lowest BCUT2D eigenvalue weighted by Crippen LogP contribution is -2.02. The van der Waals surface area contributed by atoms with Crippen LogP contribution in [0.2, 0.25) is 0 Å². The Kier molecular flexibility index (Phi) is 3.69. The smallest absolute Gasteiger partial charge is 0.163 e. The predicted molar refractivity (Wildman–Crippen MR) is 56.7 cm³/mol. The largest absolute Gasteiger partial charge is 0.508 e. The van der Waals surface area contributed by atoms with Gasteiger partial charge in [0, 0.05) is 17.5 Å². The summed E-state index contributed by atoms with van der Waals surface area (Å²) in [6.07, 6.45) is 2.18. The second kappa shape index (κ2) is 4.80. The molecule has 0 spiro atoms. The second-order valence-electron chi connectivity index (χ2n) is 3.33. The molecule has 2 nitrogen and oxygen atoms in total. The van der Waals surface area contributed by atoms with Crippen LogP contribution in [0, 0.1) is 0 Å². The van der Waals surface area contributed by atoms with E-state index in [1.165, 1.54) is 0 Å². The van der Waals surface area contributed by atoms with Crippen molar-refractivity contribution in [3.05, 3.63) is 29.3 Å². The summed E-state index contributed by atoms with van der Waals surface area (Å²) in [7, 11) is 0. The van der Waals surface area contributed by atoms with Gasteiger partial charge < -0.3 is 5.11 Å². The molecule has 0 saturated carbocycles. The van der Waals surface area contributed by atoms with Crippen LogP contribution in [0.5, 0.6) is 5.75 Å². The van der Waals surface area contributed by atoms with E-state index in [0.717, 1.165) is 18.4 Å². The van der Waals surface area contributed by atoms with Gasteiger partial charge in [0.25, 0.3) is 0 Å². The molecule has 0 fully saturated rings. The molecule has 14 heavy (non-hydrogen) atoms. The van der Waals surface area contributed by atoms with E-state index >= 15 is 0 Å². The molecule has 0 atom stereocenters. The summed E-state index contributed by atoms with van der Waals surface area (Å²) in [4.78, 5) is 11.6. The number of benzene rings is 1. The number of phenols is 1. The van der Waals surface area contributed by atoms with Crippen LogP contribution >= 0.6 is 0 Å². The lowest BCUT2D eigenvalue weighted by molar-refractivity contribution is 0.0987. The first-order valence-electron chi connectivity index (χ1n) is 5.04. The summed E-state index contributed by atoms with van der Waals surface area (Å²) >= 11 is 0. The maximum absolute atomic E-state index is 11.6. The van der Waals surface area contributed by atoms with Gasteiger partial charge in [0.1, 0.15) is 5.75 Å². The number of carbonyl (C=O) groups is 1.